The second-order valence-electron chi connectivity index (χ2n) is 5.83. The SMILES string of the molecule is CC(CO)C(C)NC(=O)NCc1ccc(CN(C)C)cc1. The second-order valence-corrected chi connectivity index (χ2v) is 5.83. The minimum atomic E-state index is -0.208. The topological polar surface area (TPSA) is 64.6 Å². The summed E-state index contributed by atoms with van der Waals surface area (Å²) in [6, 6.07) is 7.94. The van der Waals surface area contributed by atoms with E-state index in [2.05, 4.69) is 27.7 Å². The number of nitrogens with zero attached hydrogens (tertiary/aromatic N) is 1. The Bertz CT molecular complexity index is 432. The van der Waals surface area contributed by atoms with Gasteiger partial charge in [-0.2, -0.15) is 0 Å². The molecule has 2 amide bonds. The molecule has 1 aromatic carbocycles. The van der Waals surface area contributed by atoms with Gasteiger partial charge < -0.3 is 20.6 Å². The van der Waals surface area contributed by atoms with Crippen LogP contribution in [0.15, 0.2) is 24.3 Å². The smallest absolute Gasteiger partial charge is 0.315 e. The molecule has 0 saturated heterocycles. The first-order valence-corrected chi connectivity index (χ1v) is 7.30. The molecule has 2 atom stereocenters. The molecular weight excluding hydrogens is 266 g/mol. The molecule has 2 unspecified atom stereocenters. The Hall–Kier alpha value is -1.59. The minimum absolute atomic E-state index is 0.0427. The Morgan fingerprint density at radius 2 is 1.76 bits per heavy atom. The van der Waals surface area contributed by atoms with Gasteiger partial charge in [-0.3, -0.25) is 0 Å². The van der Waals surface area contributed by atoms with Crippen molar-refractivity contribution in [2.24, 2.45) is 5.92 Å². The summed E-state index contributed by atoms with van der Waals surface area (Å²) in [5.74, 6) is 0.0427. The second kappa shape index (κ2) is 8.64. The summed E-state index contributed by atoms with van der Waals surface area (Å²) < 4.78 is 0. The summed E-state index contributed by atoms with van der Waals surface area (Å²) in [6.07, 6.45) is 0. The summed E-state index contributed by atoms with van der Waals surface area (Å²) in [4.78, 5) is 13.9. The van der Waals surface area contributed by atoms with E-state index in [9.17, 15) is 4.79 Å². The van der Waals surface area contributed by atoms with E-state index >= 15 is 0 Å². The van der Waals surface area contributed by atoms with Gasteiger partial charge in [0.25, 0.3) is 0 Å². The van der Waals surface area contributed by atoms with Crippen LogP contribution in [0.1, 0.15) is 25.0 Å². The van der Waals surface area contributed by atoms with Crippen LogP contribution in [0.5, 0.6) is 0 Å². The third kappa shape index (κ3) is 6.60. The van der Waals surface area contributed by atoms with Crippen LogP contribution in [-0.4, -0.2) is 42.8 Å². The summed E-state index contributed by atoms with van der Waals surface area (Å²) in [5, 5.41) is 14.7. The van der Waals surface area contributed by atoms with Crippen LogP contribution in [0.2, 0.25) is 0 Å². The molecule has 118 valence electrons. The lowest BCUT2D eigenvalue weighted by Crippen LogP contribution is -2.43. The monoisotopic (exact) mass is 293 g/mol. The molecule has 1 aromatic rings. The number of aliphatic hydroxyl groups excluding tert-OH is 1. The fourth-order valence-electron chi connectivity index (χ4n) is 1.87. The average Bonchev–Trinajstić information content (AvgIpc) is 2.45. The first kappa shape index (κ1) is 17.5. The van der Waals surface area contributed by atoms with Gasteiger partial charge in [0, 0.05) is 25.7 Å². The minimum Gasteiger partial charge on any atom is -0.396 e. The number of hydrogen-bond acceptors (Lipinski definition) is 3. The molecular formula is C16H27N3O2. The molecule has 0 fully saturated rings. The Morgan fingerprint density at radius 3 is 2.29 bits per heavy atom. The van der Waals surface area contributed by atoms with Crippen molar-refractivity contribution < 1.29 is 9.90 Å². The fourth-order valence-corrected chi connectivity index (χ4v) is 1.87. The number of carbonyl (C=O) groups excluding carboxylic acids is 1. The molecule has 0 radical (unpaired) electrons. The number of benzene rings is 1. The van der Waals surface area contributed by atoms with E-state index in [0.29, 0.717) is 6.54 Å². The number of rotatable bonds is 7. The number of amides is 2. The van der Waals surface area contributed by atoms with E-state index < -0.39 is 0 Å². The molecule has 3 N–H and O–H groups in total. The van der Waals surface area contributed by atoms with Crippen molar-refractivity contribution >= 4 is 6.03 Å². The van der Waals surface area contributed by atoms with Gasteiger partial charge >= 0.3 is 6.03 Å². The third-order valence-corrected chi connectivity index (χ3v) is 3.48. The van der Waals surface area contributed by atoms with Gasteiger partial charge in [0.15, 0.2) is 0 Å². The van der Waals surface area contributed by atoms with Crippen LogP contribution in [0.4, 0.5) is 4.79 Å². The maximum atomic E-state index is 11.7. The van der Waals surface area contributed by atoms with Crippen molar-refractivity contribution in [1.82, 2.24) is 15.5 Å². The van der Waals surface area contributed by atoms with Crippen molar-refractivity contribution in [2.75, 3.05) is 20.7 Å². The van der Waals surface area contributed by atoms with Crippen molar-refractivity contribution in [3.63, 3.8) is 0 Å². The molecule has 1 rings (SSSR count). The Labute approximate surface area is 127 Å². The Balaban J connectivity index is 2.39. The molecule has 0 aromatic heterocycles. The standard InChI is InChI=1S/C16H27N3O2/c1-12(11-20)13(2)18-16(21)17-9-14-5-7-15(8-6-14)10-19(3)4/h5-8,12-13,20H,9-11H2,1-4H3,(H2,17,18,21). The molecule has 5 heteroatoms. The summed E-state index contributed by atoms with van der Waals surface area (Å²) in [6.45, 7) is 5.25. The number of hydrogen-bond donors (Lipinski definition) is 3. The van der Waals surface area contributed by atoms with Crippen molar-refractivity contribution in [2.45, 2.75) is 33.0 Å². The van der Waals surface area contributed by atoms with Gasteiger partial charge in [-0.1, -0.05) is 31.2 Å². The Kier molecular flexibility index (Phi) is 7.19. The van der Waals surface area contributed by atoms with Crippen LogP contribution in [0.3, 0.4) is 0 Å². The number of nitrogens with one attached hydrogen (secondary N) is 2. The average molecular weight is 293 g/mol. The van der Waals surface area contributed by atoms with Crippen molar-refractivity contribution in [3.8, 4) is 0 Å². The van der Waals surface area contributed by atoms with Gasteiger partial charge in [0.05, 0.1) is 0 Å². The molecule has 0 aliphatic heterocycles. The van der Waals surface area contributed by atoms with Gasteiger partial charge in [-0.25, -0.2) is 4.79 Å². The zero-order chi connectivity index (χ0) is 15.8. The van der Waals surface area contributed by atoms with Gasteiger partial charge in [-0.15, -0.1) is 0 Å². The van der Waals surface area contributed by atoms with E-state index in [0.717, 1.165) is 12.1 Å². The number of aliphatic hydroxyl groups is 1. The third-order valence-electron chi connectivity index (χ3n) is 3.48. The molecule has 0 spiro atoms. The first-order valence-electron chi connectivity index (χ1n) is 7.30. The first-order chi connectivity index (χ1) is 9.92. The fraction of sp³-hybridized carbons (Fsp3) is 0.562. The van der Waals surface area contributed by atoms with Crippen LogP contribution >= 0.6 is 0 Å². The molecule has 0 saturated carbocycles. The summed E-state index contributed by atoms with van der Waals surface area (Å²) in [7, 11) is 4.07. The molecule has 5 nitrogen and oxygen atoms in total. The molecule has 21 heavy (non-hydrogen) atoms. The van der Waals surface area contributed by atoms with Crippen LogP contribution in [0, 0.1) is 5.92 Å². The molecule has 0 heterocycles. The quantitative estimate of drug-likeness (QED) is 0.715. The normalized spacial score (nSPS) is 13.8. The zero-order valence-corrected chi connectivity index (χ0v) is 13.4. The van der Waals surface area contributed by atoms with Crippen LogP contribution in [-0.2, 0) is 13.1 Å². The maximum absolute atomic E-state index is 11.7. The predicted octanol–water partition coefficient (Wildman–Crippen LogP) is 1.56. The van der Waals surface area contributed by atoms with Crippen LogP contribution < -0.4 is 10.6 Å². The summed E-state index contributed by atoms with van der Waals surface area (Å²) >= 11 is 0. The van der Waals surface area contributed by atoms with Crippen molar-refractivity contribution in [3.05, 3.63) is 35.4 Å². The van der Waals surface area contributed by atoms with E-state index in [1.165, 1.54) is 5.56 Å². The Morgan fingerprint density at radius 1 is 1.19 bits per heavy atom. The van der Waals surface area contributed by atoms with Gasteiger partial charge in [0.2, 0.25) is 0 Å². The molecule has 0 bridgehead atoms. The highest BCUT2D eigenvalue weighted by atomic mass is 16.3. The van der Waals surface area contributed by atoms with Gasteiger partial charge in [0.1, 0.15) is 0 Å². The summed E-state index contributed by atoms with van der Waals surface area (Å²) in [5.41, 5.74) is 2.31. The predicted molar refractivity (Wildman–Crippen MR) is 84.9 cm³/mol. The van der Waals surface area contributed by atoms with E-state index in [1.807, 2.05) is 40.1 Å². The largest absolute Gasteiger partial charge is 0.396 e. The van der Waals surface area contributed by atoms with E-state index in [1.54, 1.807) is 0 Å². The van der Waals surface area contributed by atoms with E-state index in [-0.39, 0.29) is 24.6 Å². The highest BCUT2D eigenvalue weighted by Crippen LogP contribution is 2.06. The highest BCUT2D eigenvalue weighted by Gasteiger charge is 2.13. The number of carbonyl (C=O) groups is 1. The highest BCUT2D eigenvalue weighted by molar-refractivity contribution is 5.74. The van der Waals surface area contributed by atoms with Crippen molar-refractivity contribution in [1.29, 1.82) is 0 Å². The molecule has 0 aliphatic rings. The molecule has 0 aliphatic carbocycles. The lowest BCUT2D eigenvalue weighted by molar-refractivity contribution is 0.200. The lowest BCUT2D eigenvalue weighted by Gasteiger charge is -2.19. The zero-order valence-electron chi connectivity index (χ0n) is 13.4. The van der Waals surface area contributed by atoms with Gasteiger partial charge in [-0.05, 0) is 38.1 Å². The van der Waals surface area contributed by atoms with Crippen LogP contribution in [0.25, 0.3) is 0 Å². The lowest BCUT2D eigenvalue weighted by atomic mass is 10.1. The number of urea groups is 1. The van der Waals surface area contributed by atoms with E-state index in [4.69, 9.17) is 5.11 Å². The maximum Gasteiger partial charge on any atom is 0.315 e.